The highest BCUT2D eigenvalue weighted by Crippen LogP contribution is 2.15. The van der Waals surface area contributed by atoms with Crippen molar-refractivity contribution in [2.24, 2.45) is 0 Å². The molecular formula is C13H13NO6. The number of amides is 1. The number of esters is 1. The number of rotatable bonds is 6. The summed E-state index contributed by atoms with van der Waals surface area (Å²) in [5, 5.41) is 11.3. The number of terminal acetylenes is 1. The van der Waals surface area contributed by atoms with Gasteiger partial charge in [0, 0.05) is 0 Å². The molecule has 0 fully saturated rings. The van der Waals surface area contributed by atoms with E-state index in [0.29, 0.717) is 0 Å². The highest BCUT2D eigenvalue weighted by atomic mass is 16.5. The SMILES string of the molecule is C#CCC(NC(=O)c1ccco1)(C(=O)O)C(=O)OCC. The molecule has 0 aliphatic rings. The zero-order valence-electron chi connectivity index (χ0n) is 10.7. The third-order valence-corrected chi connectivity index (χ3v) is 2.43. The maximum atomic E-state index is 11.9. The lowest BCUT2D eigenvalue weighted by molar-refractivity contribution is -0.162. The molecule has 0 aliphatic carbocycles. The van der Waals surface area contributed by atoms with Gasteiger partial charge < -0.3 is 19.6 Å². The molecule has 0 aliphatic heterocycles. The summed E-state index contributed by atoms with van der Waals surface area (Å²) in [6.07, 6.45) is 5.78. The molecule has 1 amide bonds. The molecule has 1 atom stereocenters. The Bertz CT molecular complexity index is 542. The van der Waals surface area contributed by atoms with Crippen molar-refractivity contribution in [2.45, 2.75) is 18.9 Å². The summed E-state index contributed by atoms with van der Waals surface area (Å²) < 4.78 is 9.51. The lowest BCUT2D eigenvalue weighted by Gasteiger charge is -2.25. The van der Waals surface area contributed by atoms with Crippen molar-refractivity contribution in [3.05, 3.63) is 24.2 Å². The average Bonchev–Trinajstić information content (AvgIpc) is 2.91. The Morgan fingerprint density at radius 3 is 2.70 bits per heavy atom. The number of ether oxygens (including phenoxy) is 1. The van der Waals surface area contributed by atoms with Crippen LogP contribution in [-0.4, -0.2) is 35.1 Å². The Morgan fingerprint density at radius 2 is 2.25 bits per heavy atom. The predicted molar refractivity (Wildman–Crippen MR) is 66.6 cm³/mol. The summed E-state index contributed by atoms with van der Waals surface area (Å²) >= 11 is 0. The molecular weight excluding hydrogens is 266 g/mol. The Morgan fingerprint density at radius 1 is 1.55 bits per heavy atom. The van der Waals surface area contributed by atoms with Gasteiger partial charge in [-0.1, -0.05) is 0 Å². The van der Waals surface area contributed by atoms with E-state index in [1.54, 1.807) is 0 Å². The molecule has 7 nitrogen and oxygen atoms in total. The molecule has 0 saturated carbocycles. The van der Waals surface area contributed by atoms with Crippen LogP contribution in [0.4, 0.5) is 0 Å². The van der Waals surface area contributed by atoms with E-state index in [1.165, 1.54) is 25.3 Å². The van der Waals surface area contributed by atoms with Gasteiger partial charge in [-0.15, -0.1) is 12.3 Å². The summed E-state index contributed by atoms with van der Waals surface area (Å²) in [6, 6.07) is 2.77. The van der Waals surface area contributed by atoms with Crippen LogP contribution in [0.25, 0.3) is 0 Å². The summed E-state index contributed by atoms with van der Waals surface area (Å²) in [5.74, 6) is -1.70. The van der Waals surface area contributed by atoms with E-state index in [-0.39, 0.29) is 12.4 Å². The second-order valence-corrected chi connectivity index (χ2v) is 3.74. The normalized spacial score (nSPS) is 12.8. The maximum absolute atomic E-state index is 11.9. The van der Waals surface area contributed by atoms with Gasteiger partial charge in [0.1, 0.15) is 0 Å². The van der Waals surface area contributed by atoms with Crippen LogP contribution in [0.3, 0.4) is 0 Å². The van der Waals surface area contributed by atoms with Crippen LogP contribution in [0.5, 0.6) is 0 Å². The number of hydrogen-bond donors (Lipinski definition) is 2. The fourth-order valence-electron chi connectivity index (χ4n) is 1.45. The Kier molecular flexibility index (Phi) is 4.92. The zero-order chi connectivity index (χ0) is 15.2. The molecule has 1 unspecified atom stereocenters. The number of carbonyl (C=O) groups is 3. The van der Waals surface area contributed by atoms with Crippen molar-refractivity contribution in [1.82, 2.24) is 5.32 Å². The molecule has 0 aromatic carbocycles. The second-order valence-electron chi connectivity index (χ2n) is 3.74. The summed E-state index contributed by atoms with van der Waals surface area (Å²) in [4.78, 5) is 35.1. The zero-order valence-corrected chi connectivity index (χ0v) is 10.7. The van der Waals surface area contributed by atoms with Gasteiger partial charge in [0.25, 0.3) is 5.91 Å². The fraction of sp³-hybridized carbons (Fsp3) is 0.308. The lowest BCUT2D eigenvalue weighted by Crippen LogP contribution is -2.60. The molecule has 0 radical (unpaired) electrons. The number of carboxylic acid groups (broad SMARTS) is 1. The monoisotopic (exact) mass is 279 g/mol. The van der Waals surface area contributed by atoms with Gasteiger partial charge in [0.2, 0.25) is 5.54 Å². The van der Waals surface area contributed by atoms with Crippen LogP contribution in [-0.2, 0) is 14.3 Å². The first kappa shape index (κ1) is 15.3. The third kappa shape index (κ3) is 2.98. The van der Waals surface area contributed by atoms with Gasteiger partial charge in [-0.25, -0.2) is 9.59 Å². The molecule has 2 N–H and O–H groups in total. The number of nitrogens with one attached hydrogen (secondary N) is 1. The highest BCUT2D eigenvalue weighted by molar-refractivity contribution is 6.09. The Hall–Kier alpha value is -2.75. The molecule has 1 aromatic heterocycles. The molecule has 0 saturated heterocycles. The first-order chi connectivity index (χ1) is 9.47. The summed E-state index contributed by atoms with van der Waals surface area (Å²) in [6.45, 7) is 1.46. The van der Waals surface area contributed by atoms with Crippen LogP contribution >= 0.6 is 0 Å². The quantitative estimate of drug-likeness (QED) is 0.444. The molecule has 1 aromatic rings. The van der Waals surface area contributed by atoms with Crippen LogP contribution in [0.2, 0.25) is 0 Å². The molecule has 7 heteroatoms. The number of carboxylic acids is 1. The molecule has 20 heavy (non-hydrogen) atoms. The Balaban J connectivity index is 3.10. The van der Waals surface area contributed by atoms with E-state index >= 15 is 0 Å². The van der Waals surface area contributed by atoms with E-state index in [4.69, 9.17) is 10.8 Å². The van der Waals surface area contributed by atoms with Crippen molar-refractivity contribution in [3.63, 3.8) is 0 Å². The van der Waals surface area contributed by atoms with Gasteiger partial charge in [-0.05, 0) is 19.1 Å². The molecule has 0 spiro atoms. The van der Waals surface area contributed by atoms with E-state index in [0.717, 1.165) is 0 Å². The fourth-order valence-corrected chi connectivity index (χ4v) is 1.45. The van der Waals surface area contributed by atoms with Crippen LogP contribution in [0.1, 0.15) is 23.9 Å². The van der Waals surface area contributed by atoms with Gasteiger partial charge in [-0.3, -0.25) is 4.79 Å². The highest BCUT2D eigenvalue weighted by Gasteiger charge is 2.49. The number of carbonyl (C=O) groups excluding carboxylic acids is 2. The molecule has 106 valence electrons. The van der Waals surface area contributed by atoms with E-state index < -0.39 is 29.8 Å². The van der Waals surface area contributed by atoms with Crippen LogP contribution in [0, 0.1) is 12.3 Å². The Labute approximate surface area is 114 Å². The minimum Gasteiger partial charge on any atom is -0.479 e. The van der Waals surface area contributed by atoms with Crippen molar-refractivity contribution in [3.8, 4) is 12.3 Å². The first-order valence-corrected chi connectivity index (χ1v) is 5.68. The predicted octanol–water partition coefficient (Wildman–Crippen LogP) is 0.419. The lowest BCUT2D eigenvalue weighted by atomic mass is 9.95. The number of aliphatic carboxylic acids is 1. The van der Waals surface area contributed by atoms with Gasteiger partial charge in [-0.2, -0.15) is 0 Å². The van der Waals surface area contributed by atoms with Crippen molar-refractivity contribution in [1.29, 1.82) is 0 Å². The molecule has 0 bridgehead atoms. The van der Waals surface area contributed by atoms with Crippen molar-refractivity contribution >= 4 is 17.8 Å². The minimum atomic E-state index is -2.34. The van der Waals surface area contributed by atoms with E-state index in [2.05, 4.69) is 16.0 Å². The summed E-state index contributed by atoms with van der Waals surface area (Å²) in [7, 11) is 0. The molecule has 1 heterocycles. The van der Waals surface area contributed by atoms with Crippen molar-refractivity contribution < 1.29 is 28.6 Å². The summed E-state index contributed by atoms with van der Waals surface area (Å²) in [5.41, 5.74) is -2.34. The van der Waals surface area contributed by atoms with Crippen molar-refractivity contribution in [2.75, 3.05) is 6.61 Å². The topological polar surface area (TPSA) is 106 Å². The third-order valence-electron chi connectivity index (χ3n) is 2.43. The molecule has 1 rings (SSSR count). The minimum absolute atomic E-state index is 0.0466. The number of furan rings is 1. The largest absolute Gasteiger partial charge is 0.479 e. The smallest absolute Gasteiger partial charge is 0.344 e. The maximum Gasteiger partial charge on any atom is 0.344 e. The second kappa shape index (κ2) is 6.43. The van der Waals surface area contributed by atoms with Gasteiger partial charge in [0.05, 0.1) is 19.3 Å². The first-order valence-electron chi connectivity index (χ1n) is 5.68. The number of hydrogen-bond acceptors (Lipinski definition) is 5. The average molecular weight is 279 g/mol. The van der Waals surface area contributed by atoms with Crippen LogP contribution < -0.4 is 5.32 Å². The van der Waals surface area contributed by atoms with E-state index in [9.17, 15) is 19.5 Å². The van der Waals surface area contributed by atoms with Gasteiger partial charge in [0.15, 0.2) is 5.76 Å². The van der Waals surface area contributed by atoms with Crippen LogP contribution in [0.15, 0.2) is 22.8 Å². The standard InChI is InChI=1S/C13H13NO6/c1-3-7-13(11(16)17,12(18)19-4-2)14-10(15)9-6-5-8-20-9/h1,5-6,8H,4,7H2,2H3,(H,14,15)(H,16,17). The van der Waals surface area contributed by atoms with Gasteiger partial charge >= 0.3 is 11.9 Å². The van der Waals surface area contributed by atoms with E-state index in [1.807, 2.05) is 0 Å².